The molecule has 1 atom stereocenters. The molecule has 136 valence electrons. The van der Waals surface area contributed by atoms with Crippen molar-refractivity contribution in [3.05, 3.63) is 77.9 Å². The Hall–Kier alpha value is -2.85. The fraction of sp³-hybridized carbons (Fsp3) is 0.182. The number of nitrogens with zero attached hydrogens (tertiary/aromatic N) is 2. The minimum Gasteiger partial charge on any atom is -0.497 e. The van der Waals surface area contributed by atoms with E-state index in [9.17, 15) is 4.79 Å². The lowest BCUT2D eigenvalue weighted by Crippen LogP contribution is -2.27. The van der Waals surface area contributed by atoms with E-state index in [1.807, 2.05) is 42.5 Å². The van der Waals surface area contributed by atoms with Crippen LogP contribution in [0.4, 0.5) is 0 Å². The molecule has 3 aromatic carbocycles. The maximum Gasteiger partial charge on any atom is 0.258 e. The van der Waals surface area contributed by atoms with Crippen molar-refractivity contribution >= 4 is 34.0 Å². The molecule has 0 saturated carbocycles. The predicted octanol–water partition coefficient (Wildman–Crippen LogP) is 4.76. The molecular formula is C22H19ClN2O2. The van der Waals surface area contributed by atoms with Gasteiger partial charge in [0.1, 0.15) is 11.6 Å². The van der Waals surface area contributed by atoms with Crippen molar-refractivity contribution in [3.8, 4) is 5.75 Å². The molecule has 0 N–H and O–H groups in total. The first-order valence-electron chi connectivity index (χ1n) is 8.79. The van der Waals surface area contributed by atoms with E-state index >= 15 is 0 Å². The quantitative estimate of drug-likeness (QED) is 0.614. The number of amides is 1. The minimum absolute atomic E-state index is 0.0982. The number of hydrogen-bond acceptors (Lipinski definition) is 3. The number of hydrogen-bond donors (Lipinski definition) is 0. The summed E-state index contributed by atoms with van der Waals surface area (Å²) >= 11 is 5.84. The van der Waals surface area contributed by atoms with Crippen LogP contribution in [0, 0.1) is 0 Å². The lowest BCUT2D eigenvalue weighted by atomic mass is 9.95. The Labute approximate surface area is 163 Å². The van der Waals surface area contributed by atoms with E-state index in [-0.39, 0.29) is 17.8 Å². The van der Waals surface area contributed by atoms with E-state index in [2.05, 4.69) is 29.4 Å². The number of halogens is 1. The van der Waals surface area contributed by atoms with Crippen LogP contribution in [-0.4, -0.2) is 29.6 Å². The van der Waals surface area contributed by atoms with Gasteiger partial charge in [0.15, 0.2) is 0 Å². The first-order valence-corrected chi connectivity index (χ1v) is 9.32. The van der Waals surface area contributed by atoms with Crippen molar-refractivity contribution < 1.29 is 9.53 Å². The summed E-state index contributed by atoms with van der Waals surface area (Å²) in [6, 6.07) is 21.9. The number of methoxy groups -OCH3 is 1. The largest absolute Gasteiger partial charge is 0.497 e. The summed E-state index contributed by atoms with van der Waals surface area (Å²) in [5.41, 5.74) is 2.95. The van der Waals surface area contributed by atoms with Crippen molar-refractivity contribution in [1.29, 1.82) is 0 Å². The summed E-state index contributed by atoms with van der Waals surface area (Å²) in [7, 11) is 1.63. The highest BCUT2D eigenvalue weighted by atomic mass is 35.5. The zero-order valence-electron chi connectivity index (χ0n) is 14.9. The third-order valence-electron chi connectivity index (χ3n) is 4.88. The van der Waals surface area contributed by atoms with E-state index in [1.54, 1.807) is 7.11 Å². The van der Waals surface area contributed by atoms with Gasteiger partial charge in [-0.05, 0) is 28.5 Å². The van der Waals surface area contributed by atoms with Crippen LogP contribution in [-0.2, 0) is 4.79 Å². The smallest absolute Gasteiger partial charge is 0.258 e. The molecule has 5 heteroatoms. The molecule has 0 saturated heterocycles. The molecule has 1 amide bonds. The highest BCUT2D eigenvalue weighted by Gasteiger charge is 2.33. The van der Waals surface area contributed by atoms with Gasteiger partial charge < -0.3 is 4.74 Å². The summed E-state index contributed by atoms with van der Waals surface area (Å²) in [5.74, 6) is 0.480. The topological polar surface area (TPSA) is 41.9 Å². The standard InChI is InChI=1S/C22H19ClN2O2/c1-27-17-11-9-16(10-12-17)21-13-20(24-25(21)22(26)14-23)19-8-4-6-15-5-2-3-7-18(15)19/h2-12,21H,13-14H2,1H3/t21-/m0/s1. The second-order valence-electron chi connectivity index (χ2n) is 6.44. The Balaban J connectivity index is 1.75. The van der Waals surface area contributed by atoms with Gasteiger partial charge in [-0.2, -0.15) is 5.10 Å². The van der Waals surface area contributed by atoms with Crippen LogP contribution in [0.1, 0.15) is 23.6 Å². The predicted molar refractivity (Wildman–Crippen MR) is 108 cm³/mol. The molecule has 4 nitrogen and oxygen atoms in total. The molecular weight excluding hydrogens is 360 g/mol. The van der Waals surface area contributed by atoms with Gasteiger partial charge in [0.05, 0.1) is 18.9 Å². The van der Waals surface area contributed by atoms with Gasteiger partial charge in [-0.3, -0.25) is 4.79 Å². The number of fused-ring (bicyclic) bond motifs is 1. The Morgan fingerprint density at radius 3 is 2.59 bits per heavy atom. The molecule has 0 aromatic heterocycles. The van der Waals surface area contributed by atoms with Crippen molar-refractivity contribution in [2.24, 2.45) is 5.10 Å². The summed E-state index contributed by atoms with van der Waals surface area (Å²) in [5, 5.41) is 8.47. The molecule has 0 fully saturated rings. The SMILES string of the molecule is COc1ccc([C@@H]2CC(c3cccc4ccccc34)=NN2C(=O)CCl)cc1. The number of carbonyl (C=O) groups is 1. The Morgan fingerprint density at radius 1 is 1.11 bits per heavy atom. The van der Waals surface area contributed by atoms with Crippen LogP contribution in [0.2, 0.25) is 0 Å². The van der Waals surface area contributed by atoms with Gasteiger partial charge >= 0.3 is 0 Å². The summed E-state index contributed by atoms with van der Waals surface area (Å²) in [6.07, 6.45) is 0.642. The Morgan fingerprint density at radius 2 is 1.85 bits per heavy atom. The van der Waals surface area contributed by atoms with Crippen molar-refractivity contribution in [1.82, 2.24) is 5.01 Å². The first kappa shape index (κ1) is 17.6. The zero-order valence-corrected chi connectivity index (χ0v) is 15.7. The van der Waals surface area contributed by atoms with E-state index < -0.39 is 0 Å². The normalized spacial score (nSPS) is 16.4. The average Bonchev–Trinajstić information content (AvgIpc) is 3.18. The number of benzene rings is 3. The second kappa shape index (κ2) is 7.41. The molecule has 0 aliphatic carbocycles. The molecule has 0 bridgehead atoms. The summed E-state index contributed by atoms with van der Waals surface area (Å²) in [4.78, 5) is 12.4. The molecule has 27 heavy (non-hydrogen) atoms. The first-order chi connectivity index (χ1) is 13.2. The van der Waals surface area contributed by atoms with Crippen molar-refractivity contribution in [2.75, 3.05) is 13.0 Å². The number of rotatable bonds is 4. The van der Waals surface area contributed by atoms with Crippen LogP contribution >= 0.6 is 11.6 Å². The fourth-order valence-corrected chi connectivity index (χ4v) is 3.65. The zero-order chi connectivity index (χ0) is 18.8. The average molecular weight is 379 g/mol. The molecule has 0 unspecified atom stereocenters. The van der Waals surface area contributed by atoms with Gasteiger partial charge in [-0.15, -0.1) is 11.6 Å². The maximum absolute atomic E-state index is 12.4. The van der Waals surface area contributed by atoms with Crippen LogP contribution in [0.5, 0.6) is 5.75 Å². The Bertz CT molecular complexity index is 1010. The molecule has 3 aromatic rings. The van der Waals surface area contributed by atoms with E-state index in [0.29, 0.717) is 6.42 Å². The fourth-order valence-electron chi connectivity index (χ4n) is 3.53. The van der Waals surface area contributed by atoms with Crippen molar-refractivity contribution in [3.63, 3.8) is 0 Å². The molecule has 1 heterocycles. The van der Waals surface area contributed by atoms with Gasteiger partial charge in [-0.25, -0.2) is 5.01 Å². The summed E-state index contributed by atoms with van der Waals surface area (Å²) in [6.45, 7) is 0. The van der Waals surface area contributed by atoms with Gasteiger partial charge in [0.2, 0.25) is 0 Å². The second-order valence-corrected chi connectivity index (χ2v) is 6.71. The third-order valence-corrected chi connectivity index (χ3v) is 5.11. The number of hydrazone groups is 1. The summed E-state index contributed by atoms with van der Waals surface area (Å²) < 4.78 is 5.24. The number of carbonyl (C=O) groups excluding carboxylic acids is 1. The molecule has 1 aliphatic heterocycles. The van der Waals surface area contributed by atoms with E-state index in [0.717, 1.165) is 33.4 Å². The van der Waals surface area contributed by atoms with Gasteiger partial charge in [-0.1, -0.05) is 54.6 Å². The minimum atomic E-state index is -0.201. The van der Waals surface area contributed by atoms with Crippen LogP contribution in [0.25, 0.3) is 10.8 Å². The van der Waals surface area contributed by atoms with Gasteiger partial charge in [0, 0.05) is 12.0 Å². The van der Waals surface area contributed by atoms with Crippen LogP contribution < -0.4 is 4.74 Å². The monoisotopic (exact) mass is 378 g/mol. The van der Waals surface area contributed by atoms with Crippen LogP contribution in [0.3, 0.4) is 0 Å². The van der Waals surface area contributed by atoms with Crippen molar-refractivity contribution in [2.45, 2.75) is 12.5 Å². The molecule has 1 aliphatic rings. The number of ether oxygens (including phenoxy) is 1. The lowest BCUT2D eigenvalue weighted by molar-refractivity contribution is -0.130. The van der Waals surface area contributed by atoms with Crippen LogP contribution in [0.15, 0.2) is 71.8 Å². The highest BCUT2D eigenvalue weighted by Crippen LogP contribution is 2.35. The van der Waals surface area contributed by atoms with E-state index in [1.165, 1.54) is 5.01 Å². The third kappa shape index (κ3) is 3.28. The van der Waals surface area contributed by atoms with E-state index in [4.69, 9.17) is 16.3 Å². The lowest BCUT2D eigenvalue weighted by Gasteiger charge is -2.21. The Kier molecular flexibility index (Phi) is 4.82. The molecule has 0 spiro atoms. The molecule has 0 radical (unpaired) electrons. The van der Waals surface area contributed by atoms with Gasteiger partial charge in [0.25, 0.3) is 5.91 Å². The molecule has 4 rings (SSSR count). The number of alkyl halides is 1. The maximum atomic E-state index is 12.4. The highest BCUT2D eigenvalue weighted by molar-refractivity contribution is 6.27.